The molecule has 3 N–H and O–H groups in total. The second-order valence-corrected chi connectivity index (χ2v) is 4.73. The van der Waals surface area contributed by atoms with Gasteiger partial charge in [-0.3, -0.25) is 0 Å². The number of carboxylic acid groups (broad SMARTS) is 1. The van der Waals surface area contributed by atoms with Gasteiger partial charge in [-0.25, -0.2) is 9.78 Å². The number of benzene rings is 1. The van der Waals surface area contributed by atoms with Crippen LogP contribution in [0.15, 0.2) is 36.5 Å². The minimum absolute atomic E-state index is 0.0258. The fourth-order valence-electron chi connectivity index (χ4n) is 1.32. The number of aromatic nitrogens is 1. The van der Waals surface area contributed by atoms with Crippen LogP contribution in [0.4, 0.5) is 5.69 Å². The van der Waals surface area contributed by atoms with Crippen LogP contribution in [0, 0.1) is 3.57 Å². The van der Waals surface area contributed by atoms with Crippen LogP contribution in [0.2, 0.25) is 0 Å². The second-order valence-electron chi connectivity index (χ2n) is 3.48. The van der Waals surface area contributed by atoms with E-state index in [2.05, 4.69) is 27.6 Å². The third-order valence-electron chi connectivity index (χ3n) is 2.13. The van der Waals surface area contributed by atoms with Gasteiger partial charge in [0, 0.05) is 3.57 Å². The van der Waals surface area contributed by atoms with E-state index in [1.165, 1.54) is 12.3 Å². The van der Waals surface area contributed by atoms with Crippen molar-refractivity contribution < 1.29 is 14.6 Å². The van der Waals surface area contributed by atoms with Gasteiger partial charge in [0.2, 0.25) is 5.88 Å². The van der Waals surface area contributed by atoms with Crippen molar-refractivity contribution in [3.63, 3.8) is 0 Å². The molecule has 0 saturated heterocycles. The summed E-state index contributed by atoms with van der Waals surface area (Å²) in [6.07, 6.45) is 1.36. The largest absolute Gasteiger partial charge is 0.477 e. The summed E-state index contributed by atoms with van der Waals surface area (Å²) in [5, 5.41) is 9.04. The number of halogens is 1. The molecule has 0 spiro atoms. The number of aromatic carboxylic acids is 1. The molecule has 0 atom stereocenters. The molecule has 0 unspecified atom stereocenters. The van der Waals surface area contributed by atoms with Gasteiger partial charge >= 0.3 is 5.97 Å². The molecule has 0 aliphatic rings. The number of nitrogens with two attached hydrogens (primary N) is 1. The van der Waals surface area contributed by atoms with Crippen molar-refractivity contribution in [3.05, 3.63) is 45.7 Å². The first-order chi connectivity index (χ1) is 8.56. The van der Waals surface area contributed by atoms with E-state index in [0.717, 1.165) is 3.57 Å². The van der Waals surface area contributed by atoms with E-state index in [0.29, 0.717) is 5.75 Å². The lowest BCUT2D eigenvalue weighted by molar-refractivity contribution is 0.0693. The normalized spacial score (nSPS) is 10.1. The highest BCUT2D eigenvalue weighted by molar-refractivity contribution is 14.1. The van der Waals surface area contributed by atoms with E-state index in [9.17, 15) is 4.79 Å². The quantitative estimate of drug-likeness (QED) is 0.826. The number of carboxylic acids is 1. The minimum atomic E-state index is -1.13. The Labute approximate surface area is 117 Å². The molecular formula is C12H9IN2O3. The summed E-state index contributed by atoms with van der Waals surface area (Å²) < 4.78 is 6.49. The first-order valence-electron chi connectivity index (χ1n) is 4.98. The van der Waals surface area contributed by atoms with Gasteiger partial charge in [-0.1, -0.05) is 0 Å². The highest BCUT2D eigenvalue weighted by Crippen LogP contribution is 2.25. The summed E-state index contributed by atoms with van der Waals surface area (Å²) in [6.45, 7) is 0. The summed E-state index contributed by atoms with van der Waals surface area (Å²) in [7, 11) is 0. The van der Waals surface area contributed by atoms with Gasteiger partial charge in [0.05, 0.1) is 11.9 Å². The van der Waals surface area contributed by atoms with Crippen LogP contribution in [-0.4, -0.2) is 16.1 Å². The van der Waals surface area contributed by atoms with E-state index >= 15 is 0 Å². The molecule has 0 amide bonds. The van der Waals surface area contributed by atoms with Crippen molar-refractivity contribution in [3.8, 4) is 11.6 Å². The number of rotatable bonds is 3. The molecule has 6 heteroatoms. The Kier molecular flexibility index (Phi) is 3.66. The second kappa shape index (κ2) is 5.21. The molecule has 1 heterocycles. The Morgan fingerprint density at radius 1 is 1.33 bits per heavy atom. The van der Waals surface area contributed by atoms with Gasteiger partial charge < -0.3 is 15.6 Å². The minimum Gasteiger partial charge on any atom is -0.477 e. The van der Waals surface area contributed by atoms with Crippen molar-refractivity contribution in [2.24, 2.45) is 0 Å². The number of nitrogens with zero attached hydrogens (tertiary/aromatic N) is 1. The summed E-state index contributed by atoms with van der Waals surface area (Å²) in [5.41, 5.74) is 5.71. The van der Waals surface area contributed by atoms with E-state index in [1.807, 2.05) is 12.1 Å². The number of ether oxygens (including phenoxy) is 1. The molecule has 92 valence electrons. The number of hydrogen-bond donors (Lipinski definition) is 2. The molecule has 18 heavy (non-hydrogen) atoms. The van der Waals surface area contributed by atoms with Gasteiger partial charge in [0.25, 0.3) is 0 Å². The molecule has 0 bridgehead atoms. The van der Waals surface area contributed by atoms with Crippen LogP contribution >= 0.6 is 22.6 Å². The zero-order valence-electron chi connectivity index (χ0n) is 9.13. The van der Waals surface area contributed by atoms with Gasteiger partial charge in [0.1, 0.15) is 11.3 Å². The van der Waals surface area contributed by atoms with E-state index in [-0.39, 0.29) is 17.1 Å². The molecule has 0 radical (unpaired) electrons. The summed E-state index contributed by atoms with van der Waals surface area (Å²) in [5.74, 6) is -0.580. The number of hydrogen-bond acceptors (Lipinski definition) is 4. The lowest BCUT2D eigenvalue weighted by atomic mass is 10.2. The number of carbonyl (C=O) groups is 1. The van der Waals surface area contributed by atoms with Crippen LogP contribution in [0.25, 0.3) is 0 Å². The van der Waals surface area contributed by atoms with Crippen LogP contribution in [0.1, 0.15) is 10.4 Å². The molecule has 1 aromatic carbocycles. The summed E-state index contributed by atoms with van der Waals surface area (Å²) in [4.78, 5) is 14.9. The first kappa shape index (κ1) is 12.6. The van der Waals surface area contributed by atoms with Crippen molar-refractivity contribution in [2.75, 3.05) is 5.73 Å². The summed E-state index contributed by atoms with van der Waals surface area (Å²) >= 11 is 2.17. The average molecular weight is 356 g/mol. The Bertz CT molecular complexity index is 584. The Balaban J connectivity index is 2.34. The number of pyridine rings is 1. The highest BCUT2D eigenvalue weighted by Gasteiger charge is 2.14. The highest BCUT2D eigenvalue weighted by atomic mass is 127. The average Bonchev–Trinajstić information content (AvgIpc) is 2.34. The van der Waals surface area contributed by atoms with Crippen LogP contribution in [0.3, 0.4) is 0 Å². The van der Waals surface area contributed by atoms with Crippen molar-refractivity contribution in [1.82, 2.24) is 4.98 Å². The van der Waals surface area contributed by atoms with Gasteiger partial charge in [0.15, 0.2) is 0 Å². The molecule has 2 aromatic rings. The molecule has 0 aliphatic carbocycles. The maximum Gasteiger partial charge on any atom is 0.341 e. The zero-order chi connectivity index (χ0) is 13.1. The Hall–Kier alpha value is -1.83. The zero-order valence-corrected chi connectivity index (χ0v) is 11.3. The number of nitrogen functional groups attached to an aromatic ring is 1. The van der Waals surface area contributed by atoms with E-state index in [1.54, 1.807) is 12.1 Å². The van der Waals surface area contributed by atoms with Crippen molar-refractivity contribution in [1.29, 1.82) is 0 Å². The lowest BCUT2D eigenvalue weighted by Crippen LogP contribution is -2.03. The van der Waals surface area contributed by atoms with Crippen LogP contribution in [-0.2, 0) is 0 Å². The van der Waals surface area contributed by atoms with Gasteiger partial charge in [-0.15, -0.1) is 0 Å². The monoisotopic (exact) mass is 356 g/mol. The SMILES string of the molecule is Nc1cnc(Oc2ccc(I)cc2)c(C(=O)O)c1. The number of anilines is 1. The van der Waals surface area contributed by atoms with Crippen molar-refractivity contribution >= 4 is 34.2 Å². The third-order valence-corrected chi connectivity index (χ3v) is 2.85. The molecule has 5 nitrogen and oxygen atoms in total. The third kappa shape index (κ3) is 2.89. The first-order valence-corrected chi connectivity index (χ1v) is 6.06. The van der Waals surface area contributed by atoms with Crippen LogP contribution < -0.4 is 10.5 Å². The Morgan fingerprint density at radius 3 is 2.61 bits per heavy atom. The molecular weight excluding hydrogens is 347 g/mol. The molecule has 2 rings (SSSR count). The van der Waals surface area contributed by atoms with Crippen LogP contribution in [0.5, 0.6) is 11.6 Å². The molecule has 0 fully saturated rings. The molecule has 0 saturated carbocycles. The van der Waals surface area contributed by atoms with Crippen molar-refractivity contribution in [2.45, 2.75) is 0 Å². The Morgan fingerprint density at radius 2 is 2.00 bits per heavy atom. The maximum absolute atomic E-state index is 11.0. The van der Waals surface area contributed by atoms with Gasteiger partial charge in [-0.05, 0) is 52.9 Å². The summed E-state index contributed by atoms with van der Waals surface area (Å²) in [6, 6.07) is 8.51. The van der Waals surface area contributed by atoms with Gasteiger partial charge in [-0.2, -0.15) is 0 Å². The fraction of sp³-hybridized carbons (Fsp3) is 0. The predicted molar refractivity (Wildman–Crippen MR) is 74.8 cm³/mol. The lowest BCUT2D eigenvalue weighted by Gasteiger charge is -2.08. The smallest absolute Gasteiger partial charge is 0.341 e. The topological polar surface area (TPSA) is 85.4 Å². The predicted octanol–water partition coefficient (Wildman–Crippen LogP) is 2.76. The standard InChI is InChI=1S/C12H9IN2O3/c13-7-1-3-9(4-2-7)18-11-10(12(16)17)5-8(14)6-15-11/h1-6H,14H2,(H,16,17). The fourth-order valence-corrected chi connectivity index (χ4v) is 1.68. The molecule has 1 aromatic heterocycles. The van der Waals surface area contributed by atoms with E-state index in [4.69, 9.17) is 15.6 Å². The molecule has 0 aliphatic heterocycles. The van der Waals surface area contributed by atoms with E-state index < -0.39 is 5.97 Å². The maximum atomic E-state index is 11.0.